The molecule has 2 aromatic rings. The Morgan fingerprint density at radius 2 is 2.10 bits per heavy atom. The summed E-state index contributed by atoms with van der Waals surface area (Å²) in [5.41, 5.74) is -1.28. The Morgan fingerprint density at radius 1 is 1.38 bits per heavy atom. The van der Waals surface area contributed by atoms with Gasteiger partial charge in [0.15, 0.2) is 0 Å². The van der Waals surface area contributed by atoms with Crippen LogP contribution < -0.4 is 4.74 Å². The lowest BCUT2D eigenvalue weighted by Crippen LogP contribution is -2.11. The first-order valence-electron chi connectivity index (χ1n) is 5.77. The van der Waals surface area contributed by atoms with E-state index in [0.29, 0.717) is 17.5 Å². The molecule has 0 bridgehead atoms. The molecule has 0 saturated carbocycles. The molecular weight excluding hydrogens is 291 g/mol. The Kier molecular flexibility index (Phi) is 3.88. The van der Waals surface area contributed by atoms with Gasteiger partial charge in [-0.05, 0) is 25.1 Å². The average molecular weight is 301 g/mol. The van der Waals surface area contributed by atoms with Crippen molar-refractivity contribution >= 4 is 5.97 Å². The summed E-state index contributed by atoms with van der Waals surface area (Å²) in [6, 6.07) is 4.07. The summed E-state index contributed by atoms with van der Waals surface area (Å²) in [4.78, 5) is 10.7. The van der Waals surface area contributed by atoms with E-state index >= 15 is 0 Å². The van der Waals surface area contributed by atoms with Crippen LogP contribution in [0, 0.1) is 6.92 Å². The van der Waals surface area contributed by atoms with Gasteiger partial charge in [-0.25, -0.2) is 4.79 Å². The van der Waals surface area contributed by atoms with Crippen LogP contribution in [0.1, 0.15) is 27.4 Å². The number of carboxylic acids is 1. The van der Waals surface area contributed by atoms with E-state index in [0.717, 1.165) is 12.1 Å². The zero-order valence-corrected chi connectivity index (χ0v) is 10.8. The number of benzene rings is 1. The zero-order chi connectivity index (χ0) is 15.6. The van der Waals surface area contributed by atoms with E-state index in [9.17, 15) is 18.0 Å². The second-order valence-corrected chi connectivity index (χ2v) is 4.23. The van der Waals surface area contributed by atoms with Gasteiger partial charge in [0.05, 0.1) is 11.1 Å². The molecule has 1 aromatic heterocycles. The van der Waals surface area contributed by atoms with Gasteiger partial charge in [-0.3, -0.25) is 0 Å². The van der Waals surface area contributed by atoms with Gasteiger partial charge in [0.1, 0.15) is 23.8 Å². The molecular formula is C13H10F3NO4. The molecule has 0 atom stereocenters. The Balaban J connectivity index is 2.27. The molecule has 2 rings (SSSR count). The van der Waals surface area contributed by atoms with Crippen LogP contribution >= 0.6 is 0 Å². The Morgan fingerprint density at radius 3 is 2.62 bits per heavy atom. The van der Waals surface area contributed by atoms with E-state index in [2.05, 4.69) is 5.16 Å². The molecule has 0 unspecified atom stereocenters. The number of hydrogen-bond donors (Lipinski definition) is 1. The molecule has 8 heteroatoms. The maximum Gasteiger partial charge on any atom is 0.419 e. The van der Waals surface area contributed by atoms with E-state index in [-0.39, 0.29) is 6.61 Å². The van der Waals surface area contributed by atoms with Crippen LogP contribution in [0.25, 0.3) is 0 Å². The lowest BCUT2D eigenvalue weighted by Gasteiger charge is -2.13. The van der Waals surface area contributed by atoms with Crippen LogP contribution in [0.3, 0.4) is 0 Å². The lowest BCUT2D eigenvalue weighted by molar-refractivity contribution is -0.139. The van der Waals surface area contributed by atoms with Crippen molar-refractivity contribution < 1.29 is 32.3 Å². The number of aromatic carboxylic acids is 1. The first kappa shape index (κ1) is 14.9. The average Bonchev–Trinajstić information content (AvgIpc) is 2.81. The van der Waals surface area contributed by atoms with Crippen molar-refractivity contribution in [2.75, 3.05) is 0 Å². The molecule has 0 amide bonds. The van der Waals surface area contributed by atoms with Crippen molar-refractivity contribution in [1.29, 1.82) is 0 Å². The number of aryl methyl sites for hydroxylation is 1. The molecule has 0 radical (unpaired) electrons. The number of carboxylic acid groups (broad SMARTS) is 1. The summed E-state index contributed by atoms with van der Waals surface area (Å²) >= 11 is 0. The quantitative estimate of drug-likeness (QED) is 0.938. The van der Waals surface area contributed by atoms with E-state index in [1.54, 1.807) is 6.92 Å². The van der Waals surface area contributed by atoms with Crippen LogP contribution in [0.15, 0.2) is 28.8 Å². The van der Waals surface area contributed by atoms with E-state index < -0.39 is 29.0 Å². The molecule has 5 nitrogen and oxygen atoms in total. The second kappa shape index (κ2) is 5.47. The van der Waals surface area contributed by atoms with Gasteiger partial charge < -0.3 is 14.4 Å². The fraction of sp³-hybridized carbons (Fsp3) is 0.231. The molecule has 1 aromatic carbocycles. The number of halogens is 3. The highest BCUT2D eigenvalue weighted by atomic mass is 19.4. The second-order valence-electron chi connectivity index (χ2n) is 4.23. The van der Waals surface area contributed by atoms with Crippen LogP contribution in [-0.2, 0) is 12.8 Å². The van der Waals surface area contributed by atoms with Crippen LogP contribution in [0.4, 0.5) is 13.2 Å². The number of ether oxygens (including phenoxy) is 1. The SMILES string of the molecule is Cc1cc(COc2ccc(C(=O)O)cc2C(F)(F)F)no1. The van der Waals surface area contributed by atoms with Gasteiger partial charge in [0.25, 0.3) is 0 Å². The van der Waals surface area contributed by atoms with E-state index in [1.165, 1.54) is 6.07 Å². The highest BCUT2D eigenvalue weighted by Crippen LogP contribution is 2.37. The topological polar surface area (TPSA) is 72.6 Å². The highest BCUT2D eigenvalue weighted by Gasteiger charge is 2.35. The maximum absolute atomic E-state index is 12.9. The summed E-state index contributed by atoms with van der Waals surface area (Å²) in [7, 11) is 0. The van der Waals surface area contributed by atoms with Gasteiger partial charge in [-0.15, -0.1) is 0 Å². The standard InChI is InChI=1S/C13H10F3NO4/c1-7-4-9(17-21-7)6-20-11-3-2-8(12(18)19)5-10(11)13(14,15)16/h2-5H,6H2,1H3,(H,18,19). The van der Waals surface area contributed by atoms with Crippen molar-refractivity contribution in [3.05, 3.63) is 46.8 Å². The Hall–Kier alpha value is -2.51. The first-order valence-corrected chi connectivity index (χ1v) is 5.77. The maximum atomic E-state index is 12.9. The number of nitrogens with zero attached hydrogens (tertiary/aromatic N) is 1. The number of aromatic nitrogens is 1. The van der Waals surface area contributed by atoms with E-state index in [1.807, 2.05) is 0 Å². The minimum absolute atomic E-state index is 0.215. The molecule has 1 N–H and O–H groups in total. The molecule has 21 heavy (non-hydrogen) atoms. The smallest absolute Gasteiger partial charge is 0.419 e. The van der Waals surface area contributed by atoms with Crippen molar-refractivity contribution in [2.45, 2.75) is 19.7 Å². The van der Waals surface area contributed by atoms with E-state index in [4.69, 9.17) is 14.4 Å². The fourth-order valence-corrected chi connectivity index (χ4v) is 1.65. The Bertz CT molecular complexity index is 664. The minimum atomic E-state index is -4.72. The number of alkyl halides is 3. The largest absolute Gasteiger partial charge is 0.487 e. The zero-order valence-electron chi connectivity index (χ0n) is 10.8. The van der Waals surface area contributed by atoms with Crippen molar-refractivity contribution in [1.82, 2.24) is 5.16 Å². The molecule has 0 spiro atoms. The minimum Gasteiger partial charge on any atom is -0.487 e. The predicted molar refractivity (Wildman–Crippen MR) is 64.0 cm³/mol. The molecule has 112 valence electrons. The summed E-state index contributed by atoms with van der Waals surface area (Å²) in [5, 5.41) is 12.3. The third kappa shape index (κ3) is 3.53. The molecule has 0 saturated heterocycles. The van der Waals surface area contributed by atoms with Crippen LogP contribution in [0.5, 0.6) is 5.75 Å². The van der Waals surface area contributed by atoms with Crippen LogP contribution in [0.2, 0.25) is 0 Å². The van der Waals surface area contributed by atoms with Crippen LogP contribution in [-0.4, -0.2) is 16.2 Å². The number of hydrogen-bond acceptors (Lipinski definition) is 4. The highest BCUT2D eigenvalue weighted by molar-refractivity contribution is 5.88. The predicted octanol–water partition coefficient (Wildman–Crippen LogP) is 3.28. The Labute approximate surface area is 116 Å². The van der Waals surface area contributed by atoms with Gasteiger partial charge in [0, 0.05) is 6.07 Å². The molecule has 0 fully saturated rings. The monoisotopic (exact) mass is 301 g/mol. The molecule has 0 aliphatic heterocycles. The molecule has 1 heterocycles. The van der Waals surface area contributed by atoms with Gasteiger partial charge in [-0.1, -0.05) is 5.16 Å². The third-order valence-corrected chi connectivity index (χ3v) is 2.58. The summed E-state index contributed by atoms with van der Waals surface area (Å²) in [6.45, 7) is 1.42. The van der Waals surface area contributed by atoms with Crippen molar-refractivity contribution in [2.24, 2.45) is 0 Å². The van der Waals surface area contributed by atoms with Gasteiger partial charge in [0.2, 0.25) is 0 Å². The molecule has 0 aliphatic rings. The van der Waals surface area contributed by atoms with Gasteiger partial charge >= 0.3 is 12.1 Å². The number of rotatable bonds is 4. The lowest BCUT2D eigenvalue weighted by atomic mass is 10.1. The van der Waals surface area contributed by atoms with Crippen molar-refractivity contribution in [3.63, 3.8) is 0 Å². The van der Waals surface area contributed by atoms with Gasteiger partial charge in [-0.2, -0.15) is 13.2 Å². The summed E-state index contributed by atoms with van der Waals surface area (Å²) < 4.78 is 48.6. The fourth-order valence-electron chi connectivity index (χ4n) is 1.65. The first-order chi connectivity index (χ1) is 9.77. The third-order valence-electron chi connectivity index (χ3n) is 2.58. The summed E-state index contributed by atoms with van der Waals surface area (Å²) in [5.74, 6) is -1.40. The molecule has 0 aliphatic carbocycles. The normalized spacial score (nSPS) is 11.4. The summed E-state index contributed by atoms with van der Waals surface area (Å²) in [6.07, 6.45) is -4.72. The van der Waals surface area contributed by atoms with Crippen molar-refractivity contribution in [3.8, 4) is 5.75 Å². The number of carbonyl (C=O) groups is 1.